The zero-order chi connectivity index (χ0) is 42.3. The van der Waals surface area contributed by atoms with Gasteiger partial charge in [-0.15, -0.1) is 0 Å². The Morgan fingerprint density at radius 1 is 0.807 bits per heavy atom. The highest BCUT2D eigenvalue weighted by Crippen LogP contribution is 2.45. The van der Waals surface area contributed by atoms with Gasteiger partial charge in [-0.1, -0.05) is 128 Å². The van der Waals surface area contributed by atoms with Gasteiger partial charge in [-0.3, -0.25) is 0 Å². The predicted molar refractivity (Wildman–Crippen MR) is 241 cm³/mol. The Labute approximate surface area is 349 Å². The normalized spacial score (nSPS) is 20.5. The molecule has 0 saturated carbocycles. The maximum atomic E-state index is 12.5. The number of carbonyl (C=O) groups is 1. The van der Waals surface area contributed by atoms with Crippen molar-refractivity contribution in [2.75, 3.05) is 13.2 Å². The number of carbonyl (C=O) groups excluding carboxylic acids is 1. The van der Waals surface area contributed by atoms with Gasteiger partial charge in [0.05, 0.1) is 0 Å². The van der Waals surface area contributed by atoms with Crippen LogP contribution in [0.4, 0.5) is 0 Å². The molecule has 0 spiro atoms. The SMILES string of the molecule is CC1=C(/C=C/C(C)=C/C=C/C(C)=C/C(=O)OCC(O)COc2c(C)c(C)c3c(c2C)CC[C@@](C)(CCC[C@H](C)CCC[C@H](C)CCCC(C)C)O3)C(C)(C)CCC1. The van der Waals surface area contributed by atoms with Gasteiger partial charge >= 0.3 is 5.97 Å². The van der Waals surface area contributed by atoms with Gasteiger partial charge in [0.1, 0.15) is 36.4 Å². The van der Waals surface area contributed by atoms with Crippen LogP contribution in [0.15, 0.2) is 58.7 Å². The summed E-state index contributed by atoms with van der Waals surface area (Å²) in [7, 11) is 0. The van der Waals surface area contributed by atoms with Crippen LogP contribution in [-0.2, 0) is 16.0 Å². The number of aliphatic hydroxyl groups is 1. The molecule has 3 rings (SSSR count). The lowest BCUT2D eigenvalue weighted by molar-refractivity contribution is -0.141. The molecule has 57 heavy (non-hydrogen) atoms. The molecule has 0 amide bonds. The number of esters is 1. The Balaban J connectivity index is 1.44. The second-order valence-electron chi connectivity index (χ2n) is 19.4. The van der Waals surface area contributed by atoms with Gasteiger partial charge in [-0.2, -0.15) is 0 Å². The Bertz CT molecular complexity index is 1620. The number of hydrogen-bond acceptors (Lipinski definition) is 5. The molecule has 0 saturated heterocycles. The molecule has 1 N–H and O–H groups in total. The van der Waals surface area contributed by atoms with Crippen molar-refractivity contribution in [3.63, 3.8) is 0 Å². The summed E-state index contributed by atoms with van der Waals surface area (Å²) < 4.78 is 18.4. The van der Waals surface area contributed by atoms with Crippen molar-refractivity contribution >= 4 is 5.97 Å². The maximum Gasteiger partial charge on any atom is 0.331 e. The molecule has 5 heteroatoms. The summed E-state index contributed by atoms with van der Waals surface area (Å²) in [6.45, 7) is 28.8. The van der Waals surface area contributed by atoms with Crippen molar-refractivity contribution in [2.24, 2.45) is 23.2 Å². The Kier molecular flexibility index (Phi) is 19.4. The molecule has 1 aromatic rings. The summed E-state index contributed by atoms with van der Waals surface area (Å²) in [5.74, 6) is 3.74. The van der Waals surface area contributed by atoms with E-state index in [-0.39, 0.29) is 24.2 Å². The lowest BCUT2D eigenvalue weighted by atomic mass is 9.72. The fourth-order valence-corrected chi connectivity index (χ4v) is 8.79. The summed E-state index contributed by atoms with van der Waals surface area (Å²) in [5.41, 5.74) is 9.31. The van der Waals surface area contributed by atoms with Crippen molar-refractivity contribution in [1.29, 1.82) is 0 Å². The van der Waals surface area contributed by atoms with Gasteiger partial charge in [0, 0.05) is 11.6 Å². The van der Waals surface area contributed by atoms with Crippen LogP contribution in [0.3, 0.4) is 0 Å². The molecule has 0 radical (unpaired) electrons. The minimum atomic E-state index is -0.946. The van der Waals surface area contributed by atoms with Crippen LogP contribution in [0.5, 0.6) is 11.5 Å². The number of allylic oxidation sites excluding steroid dienone is 9. The minimum Gasteiger partial charge on any atom is -0.490 e. The zero-order valence-corrected chi connectivity index (χ0v) is 38.7. The van der Waals surface area contributed by atoms with Crippen LogP contribution in [-0.4, -0.2) is 36.0 Å². The van der Waals surface area contributed by atoms with E-state index in [1.165, 1.54) is 93.4 Å². The molecular formula is C52H82O5. The van der Waals surface area contributed by atoms with E-state index in [4.69, 9.17) is 14.2 Å². The molecule has 4 atom stereocenters. The van der Waals surface area contributed by atoms with E-state index in [9.17, 15) is 9.90 Å². The van der Waals surface area contributed by atoms with Crippen LogP contribution in [0.25, 0.3) is 0 Å². The average Bonchev–Trinajstić information content (AvgIpc) is 3.12. The lowest BCUT2D eigenvalue weighted by Crippen LogP contribution is -2.37. The Hall–Kier alpha value is -3.05. The quantitative estimate of drug-likeness (QED) is 0.0720. The van der Waals surface area contributed by atoms with Crippen molar-refractivity contribution < 1.29 is 24.1 Å². The molecule has 320 valence electrons. The molecule has 0 bridgehead atoms. The molecule has 5 nitrogen and oxygen atoms in total. The summed E-state index contributed by atoms with van der Waals surface area (Å²) >= 11 is 0. The first-order valence-electron chi connectivity index (χ1n) is 22.5. The van der Waals surface area contributed by atoms with Gasteiger partial charge in [-0.05, 0) is 144 Å². The fraction of sp³-hybridized carbons (Fsp3) is 0.673. The highest BCUT2D eigenvalue weighted by molar-refractivity contribution is 5.83. The summed E-state index contributed by atoms with van der Waals surface area (Å²) in [5, 5.41) is 10.7. The Morgan fingerprint density at radius 3 is 2.11 bits per heavy atom. The monoisotopic (exact) mass is 787 g/mol. The summed E-state index contributed by atoms with van der Waals surface area (Å²) in [4.78, 5) is 12.5. The third-order valence-corrected chi connectivity index (χ3v) is 12.8. The first-order valence-corrected chi connectivity index (χ1v) is 22.5. The molecule has 1 aliphatic carbocycles. The minimum absolute atomic E-state index is 0.0365. The first kappa shape index (κ1) is 48.3. The molecule has 2 aliphatic rings. The van der Waals surface area contributed by atoms with E-state index < -0.39 is 12.1 Å². The summed E-state index contributed by atoms with van der Waals surface area (Å²) in [6.07, 6.45) is 28.1. The van der Waals surface area contributed by atoms with Crippen LogP contribution in [0.2, 0.25) is 0 Å². The smallest absolute Gasteiger partial charge is 0.331 e. The number of hydrogen-bond donors (Lipinski definition) is 1. The zero-order valence-electron chi connectivity index (χ0n) is 38.7. The van der Waals surface area contributed by atoms with Crippen molar-refractivity contribution in [3.8, 4) is 11.5 Å². The second kappa shape index (κ2) is 22.9. The number of ether oxygens (including phenoxy) is 3. The maximum absolute atomic E-state index is 12.5. The second-order valence-corrected chi connectivity index (χ2v) is 19.4. The van der Waals surface area contributed by atoms with E-state index in [0.717, 1.165) is 76.4 Å². The summed E-state index contributed by atoms with van der Waals surface area (Å²) in [6, 6.07) is 0. The molecule has 1 heterocycles. The highest BCUT2D eigenvalue weighted by atomic mass is 16.5. The van der Waals surface area contributed by atoms with Gasteiger partial charge in [-0.25, -0.2) is 4.79 Å². The first-order chi connectivity index (χ1) is 26.8. The third kappa shape index (κ3) is 15.9. The standard InChI is InChI=1S/C52H82O5/c1-36(2)19-14-20-37(3)21-15-22-38(4)25-17-31-52(13)32-29-46-44(10)49(42(8)43(9)50(46)57-52)56-35-45(53)34-55-48(54)33-40(6)24-16-23-39(5)27-28-47-41(7)26-18-30-51(47,11)12/h16,23-24,27-28,33,36-38,45,53H,14-15,17-22,25-26,29-32,34-35H2,1-13H3/b24-16+,28-27+,39-23+,40-33+/t37-,38-,45?,52-/m1/s1. The van der Waals surface area contributed by atoms with E-state index in [1.54, 1.807) is 0 Å². The number of fused-ring (bicyclic) bond motifs is 1. The molecule has 1 aliphatic heterocycles. The van der Waals surface area contributed by atoms with Crippen molar-refractivity contribution in [3.05, 3.63) is 81.0 Å². The van der Waals surface area contributed by atoms with E-state index in [2.05, 4.69) is 95.2 Å². The molecule has 0 aromatic heterocycles. The largest absolute Gasteiger partial charge is 0.490 e. The van der Waals surface area contributed by atoms with Crippen molar-refractivity contribution in [1.82, 2.24) is 0 Å². The Morgan fingerprint density at radius 2 is 1.46 bits per heavy atom. The molecule has 1 unspecified atom stereocenters. The predicted octanol–water partition coefficient (Wildman–Crippen LogP) is 13.9. The van der Waals surface area contributed by atoms with E-state index >= 15 is 0 Å². The van der Waals surface area contributed by atoms with Crippen LogP contribution in [0, 0.1) is 43.9 Å². The lowest BCUT2D eigenvalue weighted by Gasteiger charge is -2.38. The number of benzene rings is 1. The van der Waals surface area contributed by atoms with Crippen LogP contribution < -0.4 is 9.47 Å². The van der Waals surface area contributed by atoms with Gasteiger partial charge in [0.15, 0.2) is 0 Å². The van der Waals surface area contributed by atoms with Crippen molar-refractivity contribution in [2.45, 2.75) is 192 Å². The highest BCUT2D eigenvalue weighted by Gasteiger charge is 2.35. The van der Waals surface area contributed by atoms with Gasteiger partial charge in [0.25, 0.3) is 0 Å². The van der Waals surface area contributed by atoms with Gasteiger partial charge in [0.2, 0.25) is 0 Å². The van der Waals surface area contributed by atoms with Crippen LogP contribution >= 0.6 is 0 Å². The molecule has 0 fully saturated rings. The number of aliphatic hydroxyl groups excluding tert-OH is 1. The molecule has 1 aromatic carbocycles. The number of rotatable bonds is 22. The van der Waals surface area contributed by atoms with E-state index in [0.29, 0.717) is 0 Å². The van der Waals surface area contributed by atoms with Gasteiger partial charge < -0.3 is 19.3 Å². The topological polar surface area (TPSA) is 65.0 Å². The van der Waals surface area contributed by atoms with E-state index in [1.807, 2.05) is 25.2 Å². The fourth-order valence-electron chi connectivity index (χ4n) is 8.79. The van der Waals surface area contributed by atoms with Crippen LogP contribution in [0.1, 0.15) is 175 Å². The average molecular weight is 787 g/mol. The molecular weight excluding hydrogens is 705 g/mol. The third-order valence-electron chi connectivity index (χ3n) is 12.8.